The summed E-state index contributed by atoms with van der Waals surface area (Å²) in [5.74, 6) is 0. The summed E-state index contributed by atoms with van der Waals surface area (Å²) < 4.78 is 0. The Balaban J connectivity index is 2.56. The molecule has 21 heavy (non-hydrogen) atoms. The fraction of sp³-hybridized carbons (Fsp3) is 0.667. The van der Waals surface area contributed by atoms with Gasteiger partial charge in [-0.05, 0) is 44.6 Å². The smallest absolute Gasteiger partial charge is 0.0916 e. The van der Waals surface area contributed by atoms with E-state index in [2.05, 4.69) is 62.0 Å². The first-order valence-electron chi connectivity index (χ1n) is 8.20. The van der Waals surface area contributed by atoms with Crippen LogP contribution in [0.5, 0.6) is 0 Å². The first-order valence-corrected chi connectivity index (χ1v) is 8.20. The van der Waals surface area contributed by atoms with Crippen molar-refractivity contribution in [2.45, 2.75) is 39.2 Å². The zero-order valence-corrected chi connectivity index (χ0v) is 14.2. The largest absolute Gasteiger partial charge is 0.387 e. The van der Waals surface area contributed by atoms with E-state index in [-0.39, 0.29) is 0 Å². The second-order valence-electron chi connectivity index (χ2n) is 6.11. The van der Waals surface area contributed by atoms with Gasteiger partial charge >= 0.3 is 0 Å². The highest BCUT2D eigenvalue weighted by Crippen LogP contribution is 2.16. The third-order valence-corrected chi connectivity index (χ3v) is 3.74. The number of aliphatic hydroxyl groups excluding tert-OH is 1. The highest BCUT2D eigenvalue weighted by molar-refractivity contribution is 5.24. The maximum atomic E-state index is 10.4. The molecule has 120 valence electrons. The quantitative estimate of drug-likeness (QED) is 0.718. The third-order valence-electron chi connectivity index (χ3n) is 3.74. The average molecular weight is 292 g/mol. The summed E-state index contributed by atoms with van der Waals surface area (Å²) in [6.07, 6.45) is 3.00. The van der Waals surface area contributed by atoms with Crippen molar-refractivity contribution in [1.29, 1.82) is 0 Å². The van der Waals surface area contributed by atoms with Gasteiger partial charge in [0.05, 0.1) is 6.10 Å². The Morgan fingerprint density at radius 1 is 0.952 bits per heavy atom. The van der Waals surface area contributed by atoms with Crippen molar-refractivity contribution in [3.05, 3.63) is 35.4 Å². The number of nitrogens with zero attached hydrogens (tertiary/aromatic N) is 2. The number of hydrogen-bond donors (Lipinski definition) is 1. The van der Waals surface area contributed by atoms with Gasteiger partial charge in [-0.25, -0.2) is 0 Å². The van der Waals surface area contributed by atoms with Crippen LogP contribution in [0.25, 0.3) is 0 Å². The molecular weight excluding hydrogens is 260 g/mol. The highest BCUT2D eigenvalue weighted by atomic mass is 16.3. The molecule has 0 aliphatic rings. The van der Waals surface area contributed by atoms with E-state index in [1.807, 2.05) is 0 Å². The summed E-state index contributed by atoms with van der Waals surface area (Å²) in [6.45, 7) is 8.17. The Labute approximate surface area is 130 Å². The molecule has 3 nitrogen and oxygen atoms in total. The molecule has 0 spiro atoms. The van der Waals surface area contributed by atoms with Gasteiger partial charge in [-0.15, -0.1) is 0 Å². The minimum atomic E-state index is -0.394. The number of aliphatic hydroxyl groups is 1. The Morgan fingerprint density at radius 3 is 2.14 bits per heavy atom. The molecule has 3 heteroatoms. The van der Waals surface area contributed by atoms with E-state index in [1.165, 1.54) is 5.56 Å². The van der Waals surface area contributed by atoms with Crippen LogP contribution >= 0.6 is 0 Å². The molecule has 0 aliphatic heterocycles. The lowest BCUT2D eigenvalue weighted by atomic mass is 10.0. The van der Waals surface area contributed by atoms with Gasteiger partial charge in [-0.1, -0.05) is 44.5 Å². The molecule has 1 N–H and O–H groups in total. The van der Waals surface area contributed by atoms with Crippen molar-refractivity contribution in [2.24, 2.45) is 0 Å². The van der Waals surface area contributed by atoms with Crippen molar-refractivity contribution in [2.75, 3.05) is 40.3 Å². The maximum absolute atomic E-state index is 10.4. The molecule has 0 saturated heterocycles. The Morgan fingerprint density at radius 2 is 1.62 bits per heavy atom. The lowest BCUT2D eigenvalue weighted by Gasteiger charge is -2.26. The van der Waals surface area contributed by atoms with E-state index < -0.39 is 6.10 Å². The van der Waals surface area contributed by atoms with Crippen LogP contribution in [0.2, 0.25) is 0 Å². The van der Waals surface area contributed by atoms with Crippen LogP contribution in [0.4, 0.5) is 0 Å². The van der Waals surface area contributed by atoms with Crippen molar-refractivity contribution in [3.63, 3.8) is 0 Å². The zero-order chi connectivity index (χ0) is 15.7. The molecule has 0 fully saturated rings. The third kappa shape index (κ3) is 7.07. The zero-order valence-electron chi connectivity index (χ0n) is 14.2. The molecule has 0 heterocycles. The fourth-order valence-corrected chi connectivity index (χ4v) is 2.50. The van der Waals surface area contributed by atoms with Crippen LogP contribution in [-0.2, 0) is 6.42 Å². The second kappa shape index (κ2) is 9.93. The van der Waals surface area contributed by atoms with Gasteiger partial charge in [0.2, 0.25) is 0 Å². The average Bonchev–Trinajstić information content (AvgIpc) is 2.46. The molecule has 0 radical (unpaired) electrons. The minimum Gasteiger partial charge on any atom is -0.387 e. The van der Waals surface area contributed by atoms with Crippen LogP contribution in [0.1, 0.15) is 43.9 Å². The molecule has 0 amide bonds. The molecule has 0 aliphatic carbocycles. The van der Waals surface area contributed by atoms with Crippen molar-refractivity contribution < 1.29 is 5.11 Å². The molecule has 1 aromatic rings. The number of benzene rings is 1. The topological polar surface area (TPSA) is 26.7 Å². The summed E-state index contributed by atoms with van der Waals surface area (Å²) in [5, 5.41) is 10.4. The molecule has 1 unspecified atom stereocenters. The SMILES string of the molecule is CCCc1ccc(C(O)CN(CCC)CCN(C)C)cc1. The molecule has 0 aromatic heterocycles. The molecule has 1 rings (SSSR count). The van der Waals surface area contributed by atoms with Crippen LogP contribution in [0.3, 0.4) is 0 Å². The minimum absolute atomic E-state index is 0.394. The lowest BCUT2D eigenvalue weighted by molar-refractivity contribution is 0.108. The molecule has 0 saturated carbocycles. The van der Waals surface area contributed by atoms with E-state index in [1.54, 1.807) is 0 Å². The number of likely N-dealkylation sites (N-methyl/N-ethyl adjacent to an activating group) is 1. The maximum Gasteiger partial charge on any atom is 0.0916 e. The van der Waals surface area contributed by atoms with Crippen LogP contribution in [-0.4, -0.2) is 55.2 Å². The number of hydrogen-bond acceptors (Lipinski definition) is 3. The van der Waals surface area contributed by atoms with E-state index in [9.17, 15) is 5.11 Å². The predicted octanol–water partition coefficient (Wildman–Crippen LogP) is 2.95. The van der Waals surface area contributed by atoms with E-state index >= 15 is 0 Å². The normalized spacial score (nSPS) is 13.1. The number of rotatable bonds is 10. The monoisotopic (exact) mass is 292 g/mol. The Kier molecular flexibility index (Phi) is 8.58. The Bertz CT molecular complexity index is 375. The summed E-state index contributed by atoms with van der Waals surface area (Å²) in [5.41, 5.74) is 2.38. The standard InChI is InChI=1S/C18H32N2O/c1-5-7-16-8-10-17(11-9-16)18(21)15-20(12-6-2)14-13-19(3)4/h8-11,18,21H,5-7,12-15H2,1-4H3. The summed E-state index contributed by atoms with van der Waals surface area (Å²) >= 11 is 0. The van der Waals surface area contributed by atoms with Crippen molar-refractivity contribution in [1.82, 2.24) is 9.80 Å². The van der Waals surface area contributed by atoms with E-state index in [4.69, 9.17) is 0 Å². The van der Waals surface area contributed by atoms with E-state index in [0.717, 1.165) is 51.0 Å². The van der Waals surface area contributed by atoms with Crippen LogP contribution < -0.4 is 0 Å². The van der Waals surface area contributed by atoms with Gasteiger partial charge in [0.25, 0.3) is 0 Å². The fourth-order valence-electron chi connectivity index (χ4n) is 2.50. The van der Waals surface area contributed by atoms with Crippen LogP contribution in [0, 0.1) is 0 Å². The van der Waals surface area contributed by atoms with Gasteiger partial charge in [0, 0.05) is 19.6 Å². The van der Waals surface area contributed by atoms with Gasteiger partial charge in [-0.3, -0.25) is 4.90 Å². The Hall–Kier alpha value is -0.900. The first kappa shape index (κ1) is 18.1. The molecular formula is C18H32N2O. The number of aryl methyl sites for hydroxylation is 1. The summed E-state index contributed by atoms with van der Waals surface area (Å²) in [6, 6.07) is 8.44. The predicted molar refractivity (Wildman–Crippen MR) is 90.7 cm³/mol. The van der Waals surface area contributed by atoms with E-state index in [0.29, 0.717) is 0 Å². The molecule has 0 bridgehead atoms. The van der Waals surface area contributed by atoms with Crippen molar-refractivity contribution in [3.8, 4) is 0 Å². The lowest BCUT2D eigenvalue weighted by Crippen LogP contribution is -2.35. The van der Waals surface area contributed by atoms with Crippen LogP contribution in [0.15, 0.2) is 24.3 Å². The van der Waals surface area contributed by atoms with Gasteiger partial charge in [0.15, 0.2) is 0 Å². The highest BCUT2D eigenvalue weighted by Gasteiger charge is 2.13. The molecule has 1 aromatic carbocycles. The summed E-state index contributed by atoms with van der Waals surface area (Å²) in [7, 11) is 4.18. The first-order chi connectivity index (χ1) is 10.1. The van der Waals surface area contributed by atoms with Gasteiger partial charge < -0.3 is 10.0 Å². The van der Waals surface area contributed by atoms with Crippen molar-refractivity contribution >= 4 is 0 Å². The van der Waals surface area contributed by atoms with Gasteiger partial charge in [-0.2, -0.15) is 0 Å². The van der Waals surface area contributed by atoms with Gasteiger partial charge in [0.1, 0.15) is 0 Å². The second-order valence-corrected chi connectivity index (χ2v) is 6.11. The molecule has 1 atom stereocenters. The summed E-state index contributed by atoms with van der Waals surface area (Å²) in [4.78, 5) is 4.54.